The van der Waals surface area contributed by atoms with Gasteiger partial charge in [-0.1, -0.05) is 29.8 Å². The Morgan fingerprint density at radius 1 is 1.08 bits per heavy atom. The van der Waals surface area contributed by atoms with Gasteiger partial charge in [0, 0.05) is 42.2 Å². The summed E-state index contributed by atoms with van der Waals surface area (Å²) in [7, 11) is 0. The summed E-state index contributed by atoms with van der Waals surface area (Å²) >= 11 is 6.03. The molecule has 9 nitrogen and oxygen atoms in total. The van der Waals surface area contributed by atoms with E-state index in [1.165, 1.54) is 22.9 Å². The van der Waals surface area contributed by atoms with E-state index in [9.17, 15) is 14.0 Å². The van der Waals surface area contributed by atoms with Crippen LogP contribution in [0.3, 0.4) is 0 Å². The van der Waals surface area contributed by atoms with Crippen molar-refractivity contribution in [1.29, 1.82) is 0 Å². The van der Waals surface area contributed by atoms with Crippen LogP contribution in [-0.4, -0.2) is 39.7 Å². The number of amides is 1. The zero-order valence-electron chi connectivity index (χ0n) is 20.8. The number of benzene rings is 2. The second kappa shape index (κ2) is 12.1. The van der Waals surface area contributed by atoms with E-state index in [4.69, 9.17) is 21.1 Å². The van der Waals surface area contributed by atoms with Gasteiger partial charge in [-0.25, -0.2) is 4.98 Å². The molecule has 2 aromatic heterocycles. The second-order valence-electron chi connectivity index (χ2n) is 8.92. The molecule has 0 unspecified atom stereocenters. The Morgan fingerprint density at radius 2 is 1.82 bits per heavy atom. The van der Waals surface area contributed by atoms with Crippen molar-refractivity contribution in [2.24, 2.45) is 0 Å². The van der Waals surface area contributed by atoms with Gasteiger partial charge in [0.15, 0.2) is 0 Å². The Bertz CT molecular complexity index is 1510. The monoisotopic (exact) mass is 549 g/mol. The molecule has 0 radical (unpaired) electrons. The van der Waals surface area contributed by atoms with Crippen LogP contribution in [0, 0.1) is 5.95 Å². The predicted octanol–water partition coefficient (Wildman–Crippen LogP) is 4.92. The summed E-state index contributed by atoms with van der Waals surface area (Å²) in [6.07, 6.45) is 2.66. The number of anilines is 2. The van der Waals surface area contributed by atoms with Crippen molar-refractivity contribution in [3.63, 3.8) is 0 Å². The molecule has 2 N–H and O–H groups in total. The number of rotatable bonds is 8. The molecule has 1 aliphatic rings. The fourth-order valence-electron chi connectivity index (χ4n) is 4.07. The number of halogens is 2. The van der Waals surface area contributed by atoms with Gasteiger partial charge in [0.25, 0.3) is 11.5 Å². The molecule has 1 saturated heterocycles. The summed E-state index contributed by atoms with van der Waals surface area (Å²) in [5.41, 5.74) is 0.891. The number of pyridine rings is 1. The average molecular weight is 550 g/mol. The zero-order chi connectivity index (χ0) is 27.2. The van der Waals surface area contributed by atoms with E-state index in [-0.39, 0.29) is 30.0 Å². The molecule has 0 aliphatic carbocycles. The smallest absolute Gasteiger partial charge is 0.268 e. The van der Waals surface area contributed by atoms with Crippen LogP contribution in [0.1, 0.15) is 28.8 Å². The SMILES string of the molecule is O=C(NC1CCOCC1)c1cnc(Nc2ccc(Oc3cccc(F)n3)cc2)n(Cc2ccc(Cl)cc2)c1=O. The Kier molecular flexibility index (Phi) is 8.14. The van der Waals surface area contributed by atoms with Gasteiger partial charge in [0.2, 0.25) is 17.8 Å². The van der Waals surface area contributed by atoms with Crippen LogP contribution < -0.4 is 20.9 Å². The largest absolute Gasteiger partial charge is 0.439 e. The van der Waals surface area contributed by atoms with E-state index in [0.717, 1.165) is 5.56 Å². The molecule has 1 fully saturated rings. The highest BCUT2D eigenvalue weighted by atomic mass is 35.5. The lowest BCUT2D eigenvalue weighted by atomic mass is 10.1. The predicted molar refractivity (Wildman–Crippen MR) is 144 cm³/mol. The summed E-state index contributed by atoms with van der Waals surface area (Å²) in [6.45, 7) is 1.29. The third-order valence-electron chi connectivity index (χ3n) is 6.12. The first kappa shape index (κ1) is 26.3. The molecule has 0 spiro atoms. The quantitative estimate of drug-likeness (QED) is 0.300. The Balaban J connectivity index is 1.39. The molecule has 0 saturated carbocycles. The summed E-state index contributed by atoms with van der Waals surface area (Å²) in [6, 6.07) is 18.1. The van der Waals surface area contributed by atoms with E-state index < -0.39 is 17.4 Å². The molecular formula is C28H25ClFN5O4. The lowest BCUT2D eigenvalue weighted by Crippen LogP contribution is -2.42. The fraction of sp³-hybridized carbons (Fsp3) is 0.214. The molecule has 0 atom stereocenters. The topological polar surface area (TPSA) is 107 Å². The maximum Gasteiger partial charge on any atom is 0.268 e. The zero-order valence-corrected chi connectivity index (χ0v) is 21.5. The molecule has 4 aromatic rings. The van der Waals surface area contributed by atoms with Gasteiger partial charge in [-0.2, -0.15) is 9.37 Å². The van der Waals surface area contributed by atoms with Gasteiger partial charge >= 0.3 is 0 Å². The minimum atomic E-state index is -0.639. The van der Waals surface area contributed by atoms with E-state index in [1.807, 2.05) is 0 Å². The number of nitrogens with zero attached hydrogens (tertiary/aromatic N) is 3. The Labute approximate surface area is 228 Å². The minimum Gasteiger partial charge on any atom is -0.439 e. The normalized spacial score (nSPS) is 13.6. The van der Waals surface area contributed by atoms with Crippen LogP contribution >= 0.6 is 11.6 Å². The van der Waals surface area contributed by atoms with Crippen LogP contribution in [0.25, 0.3) is 0 Å². The number of nitrogens with one attached hydrogen (secondary N) is 2. The molecule has 1 amide bonds. The third kappa shape index (κ3) is 6.78. The average Bonchev–Trinajstić information content (AvgIpc) is 2.93. The molecular weight excluding hydrogens is 525 g/mol. The standard InChI is InChI=1S/C28H25ClFN5O4/c29-19-6-4-18(5-7-19)17-35-27(37)23(26(36)32-21-12-14-38-15-13-21)16-31-28(35)33-20-8-10-22(11-9-20)39-25-3-1-2-24(30)34-25/h1-11,16,21H,12-15,17H2,(H,31,33)(H,32,36). The Hall–Kier alpha value is -4.28. The van der Waals surface area contributed by atoms with Gasteiger partial charge in [-0.05, 0) is 60.9 Å². The fourth-order valence-corrected chi connectivity index (χ4v) is 4.20. The molecule has 5 rings (SSSR count). The van der Waals surface area contributed by atoms with E-state index in [2.05, 4.69) is 20.6 Å². The van der Waals surface area contributed by atoms with Crippen LogP contribution in [0.15, 0.2) is 77.7 Å². The molecule has 11 heteroatoms. The first-order valence-corrected chi connectivity index (χ1v) is 12.7. The van der Waals surface area contributed by atoms with Gasteiger partial charge in [0.05, 0.1) is 6.54 Å². The third-order valence-corrected chi connectivity index (χ3v) is 6.38. The van der Waals surface area contributed by atoms with E-state index in [0.29, 0.717) is 42.5 Å². The molecule has 0 bridgehead atoms. The summed E-state index contributed by atoms with van der Waals surface area (Å²) in [4.78, 5) is 34.6. The molecule has 3 heterocycles. The number of ether oxygens (including phenoxy) is 2. The summed E-state index contributed by atoms with van der Waals surface area (Å²) in [5.74, 6) is -0.282. The highest BCUT2D eigenvalue weighted by Gasteiger charge is 2.21. The van der Waals surface area contributed by atoms with Crippen LogP contribution in [0.5, 0.6) is 11.6 Å². The number of aromatic nitrogens is 3. The maximum atomic E-state index is 13.5. The van der Waals surface area contributed by atoms with Crippen molar-refractivity contribution in [3.05, 3.63) is 105 Å². The van der Waals surface area contributed by atoms with Crippen LogP contribution in [-0.2, 0) is 11.3 Å². The van der Waals surface area contributed by atoms with Gasteiger partial charge in [-0.15, -0.1) is 0 Å². The maximum absolute atomic E-state index is 13.5. The second-order valence-corrected chi connectivity index (χ2v) is 9.36. The molecule has 2 aromatic carbocycles. The molecule has 200 valence electrons. The number of hydrogen-bond acceptors (Lipinski definition) is 7. The highest BCUT2D eigenvalue weighted by molar-refractivity contribution is 6.30. The van der Waals surface area contributed by atoms with Crippen molar-refractivity contribution in [2.75, 3.05) is 18.5 Å². The van der Waals surface area contributed by atoms with E-state index >= 15 is 0 Å². The van der Waals surface area contributed by atoms with Crippen molar-refractivity contribution >= 4 is 29.1 Å². The highest BCUT2D eigenvalue weighted by Crippen LogP contribution is 2.23. The number of carbonyl (C=O) groups excluding carboxylic acids is 1. The molecule has 1 aliphatic heterocycles. The number of carbonyl (C=O) groups is 1. The number of hydrogen-bond donors (Lipinski definition) is 2. The van der Waals surface area contributed by atoms with Crippen molar-refractivity contribution in [1.82, 2.24) is 19.9 Å². The summed E-state index contributed by atoms with van der Waals surface area (Å²) in [5, 5.41) is 6.63. The van der Waals surface area contributed by atoms with Crippen molar-refractivity contribution in [3.8, 4) is 11.6 Å². The summed E-state index contributed by atoms with van der Waals surface area (Å²) < 4.78 is 25.7. The lowest BCUT2D eigenvalue weighted by Gasteiger charge is -2.23. The van der Waals surface area contributed by atoms with E-state index in [1.54, 1.807) is 54.6 Å². The minimum absolute atomic E-state index is 0.0488. The first-order valence-electron chi connectivity index (χ1n) is 12.3. The first-order chi connectivity index (χ1) is 18.9. The lowest BCUT2D eigenvalue weighted by molar-refractivity contribution is 0.0695. The Morgan fingerprint density at radius 3 is 2.54 bits per heavy atom. The van der Waals surface area contributed by atoms with Crippen LogP contribution in [0.4, 0.5) is 16.0 Å². The van der Waals surface area contributed by atoms with Gasteiger partial charge in [0.1, 0.15) is 11.3 Å². The van der Waals surface area contributed by atoms with Crippen molar-refractivity contribution in [2.45, 2.75) is 25.4 Å². The molecule has 39 heavy (non-hydrogen) atoms. The van der Waals surface area contributed by atoms with Crippen LogP contribution in [0.2, 0.25) is 5.02 Å². The van der Waals surface area contributed by atoms with Crippen molar-refractivity contribution < 1.29 is 18.7 Å². The van der Waals surface area contributed by atoms with Gasteiger partial charge < -0.3 is 20.1 Å². The van der Waals surface area contributed by atoms with Gasteiger partial charge in [-0.3, -0.25) is 14.2 Å².